The van der Waals surface area contributed by atoms with E-state index in [1.165, 1.54) is 38.5 Å². The molecule has 0 heterocycles. The number of carbonyl (C=O) groups excluding carboxylic acids is 3. The number of nitrogens with zero attached hydrogens (tertiary/aromatic N) is 1. The summed E-state index contributed by atoms with van der Waals surface area (Å²) in [4.78, 5) is 39.5. The molecule has 0 aliphatic heterocycles. The van der Waals surface area contributed by atoms with E-state index in [4.69, 9.17) is 5.73 Å². The van der Waals surface area contributed by atoms with Crippen LogP contribution >= 0.6 is 0 Å². The zero-order valence-corrected chi connectivity index (χ0v) is 26.6. The number of allylic oxidation sites excluding steroid dienone is 2. The third-order valence-corrected chi connectivity index (χ3v) is 7.72. The lowest BCUT2D eigenvalue weighted by atomic mass is 9.87. The van der Waals surface area contributed by atoms with Gasteiger partial charge in [0.25, 0.3) is 11.8 Å². The first-order chi connectivity index (χ1) is 19.7. The fourth-order valence-corrected chi connectivity index (χ4v) is 4.87. The Morgan fingerprint density at radius 2 is 1.20 bits per heavy atom. The monoisotopic (exact) mass is 581 g/mol. The van der Waals surface area contributed by atoms with Crippen LogP contribution < -0.4 is 11.1 Å². The summed E-state index contributed by atoms with van der Waals surface area (Å²) in [7, 11) is 0. The summed E-state index contributed by atoms with van der Waals surface area (Å²) in [6.45, 7) is 9.60. The number of unbranched alkanes of at least 4 members (excludes halogenated alkanes) is 13. The molecule has 0 aliphatic rings. The highest BCUT2D eigenvalue weighted by Gasteiger charge is 2.51. The third kappa shape index (κ3) is 18.4. The topological polar surface area (TPSA) is 133 Å². The molecule has 8 heteroatoms. The van der Waals surface area contributed by atoms with Crippen LogP contribution in [0, 0.1) is 0 Å². The highest BCUT2D eigenvalue weighted by atomic mass is 16.4. The van der Waals surface area contributed by atoms with Gasteiger partial charge < -0.3 is 26.2 Å². The molecule has 5 N–H and O–H groups in total. The van der Waals surface area contributed by atoms with Crippen LogP contribution in [0.2, 0.25) is 0 Å². The number of nitrogens with two attached hydrogens (primary N) is 1. The minimum atomic E-state index is -2.92. The van der Waals surface area contributed by atoms with Crippen molar-refractivity contribution in [3.63, 3.8) is 0 Å². The van der Waals surface area contributed by atoms with Crippen molar-refractivity contribution in [1.82, 2.24) is 10.2 Å². The number of amides is 2. The van der Waals surface area contributed by atoms with E-state index in [0.29, 0.717) is 12.8 Å². The molecule has 2 atom stereocenters. The second-order valence-corrected chi connectivity index (χ2v) is 11.5. The van der Waals surface area contributed by atoms with Crippen molar-refractivity contribution in [2.24, 2.45) is 5.73 Å². The molecule has 2 amide bonds. The van der Waals surface area contributed by atoms with Crippen LogP contribution in [0.4, 0.5) is 0 Å². The average Bonchev–Trinajstić information content (AvgIpc) is 2.96. The molecule has 0 saturated carbocycles. The molecule has 0 rings (SSSR count). The Hall–Kier alpha value is -1.77. The molecule has 0 radical (unpaired) electrons. The van der Waals surface area contributed by atoms with Crippen molar-refractivity contribution in [3.8, 4) is 0 Å². The zero-order valence-electron chi connectivity index (χ0n) is 26.6. The van der Waals surface area contributed by atoms with Crippen molar-refractivity contribution < 1.29 is 24.6 Å². The Bertz CT molecular complexity index is 707. The lowest BCUT2D eigenvalue weighted by Crippen LogP contribution is -2.63. The summed E-state index contributed by atoms with van der Waals surface area (Å²) < 4.78 is 0. The summed E-state index contributed by atoms with van der Waals surface area (Å²) in [5.74, 6) is -3.27. The van der Waals surface area contributed by atoms with Gasteiger partial charge in [0.15, 0.2) is 11.9 Å². The van der Waals surface area contributed by atoms with Gasteiger partial charge in [-0.2, -0.15) is 0 Å². The molecule has 0 spiro atoms. The summed E-state index contributed by atoms with van der Waals surface area (Å²) in [5, 5.41) is 23.7. The van der Waals surface area contributed by atoms with Crippen molar-refractivity contribution in [1.29, 1.82) is 0 Å². The number of rotatable bonds is 29. The van der Waals surface area contributed by atoms with Gasteiger partial charge in [-0.3, -0.25) is 14.4 Å². The summed E-state index contributed by atoms with van der Waals surface area (Å²) in [6.07, 6.45) is 21.6. The van der Waals surface area contributed by atoms with Gasteiger partial charge >= 0.3 is 0 Å². The molecule has 0 aromatic rings. The van der Waals surface area contributed by atoms with Gasteiger partial charge in [-0.15, -0.1) is 0 Å². The Labute approximate surface area is 250 Å². The van der Waals surface area contributed by atoms with Gasteiger partial charge in [-0.05, 0) is 71.0 Å². The van der Waals surface area contributed by atoms with E-state index in [2.05, 4.69) is 43.1 Å². The van der Waals surface area contributed by atoms with Crippen LogP contribution in [-0.4, -0.2) is 70.6 Å². The van der Waals surface area contributed by atoms with E-state index in [1.807, 2.05) is 0 Å². The first-order valence-electron chi connectivity index (χ1n) is 16.6. The number of hydrogen-bond donors (Lipinski definition) is 4. The molecule has 0 saturated heterocycles. The van der Waals surface area contributed by atoms with E-state index in [1.54, 1.807) is 0 Å². The molecular formula is C33H63N3O5. The fourth-order valence-electron chi connectivity index (χ4n) is 4.87. The van der Waals surface area contributed by atoms with Gasteiger partial charge in [0.05, 0.1) is 0 Å². The molecule has 2 unspecified atom stereocenters. The summed E-state index contributed by atoms with van der Waals surface area (Å²) >= 11 is 0. The predicted molar refractivity (Wildman–Crippen MR) is 168 cm³/mol. The number of aliphatic hydroxyl groups excluding tert-OH is 1. The van der Waals surface area contributed by atoms with Crippen LogP contribution in [0.25, 0.3) is 0 Å². The quantitative estimate of drug-likeness (QED) is 0.0518. The number of primary amides is 1. The van der Waals surface area contributed by atoms with E-state index in [9.17, 15) is 24.6 Å². The SMILES string of the molecule is CCCCCCCC/C=C\CCCCCCCC(=O)C(O)(C(N)=O)C(O)C(=O)NCCCN(CCCC)CCCC. The van der Waals surface area contributed by atoms with Crippen molar-refractivity contribution in [2.75, 3.05) is 26.2 Å². The van der Waals surface area contributed by atoms with Crippen LogP contribution in [0.15, 0.2) is 12.2 Å². The van der Waals surface area contributed by atoms with Gasteiger partial charge in [0.2, 0.25) is 5.60 Å². The smallest absolute Gasteiger partial charge is 0.260 e. The van der Waals surface area contributed by atoms with Gasteiger partial charge in [0, 0.05) is 13.0 Å². The molecule has 41 heavy (non-hydrogen) atoms. The fraction of sp³-hybridized carbons (Fsp3) is 0.848. The standard InChI is InChI=1S/C33H63N3O5/c1-4-7-10-11-12-13-14-15-16-17-18-19-20-21-22-24-29(37)33(41,32(34)40)30(38)31(39)35-25-23-28-36(26-8-5-2)27-9-6-3/h15-16,30,38,41H,4-14,17-28H2,1-3H3,(H2,34,40)(H,35,39)/b16-15-. The second kappa shape index (κ2) is 25.9. The first kappa shape index (κ1) is 39.2. The van der Waals surface area contributed by atoms with Crippen molar-refractivity contribution >= 4 is 17.6 Å². The number of ketones is 1. The van der Waals surface area contributed by atoms with Crippen LogP contribution in [0.5, 0.6) is 0 Å². The second-order valence-electron chi connectivity index (χ2n) is 11.5. The predicted octanol–water partition coefficient (Wildman–Crippen LogP) is 5.58. The van der Waals surface area contributed by atoms with Gasteiger partial charge in [-0.25, -0.2) is 0 Å². The summed E-state index contributed by atoms with van der Waals surface area (Å²) in [5.41, 5.74) is 2.37. The number of aliphatic hydroxyl groups is 2. The zero-order chi connectivity index (χ0) is 30.8. The lowest BCUT2D eigenvalue weighted by molar-refractivity contribution is -0.169. The van der Waals surface area contributed by atoms with Crippen LogP contribution in [0.1, 0.15) is 143 Å². The van der Waals surface area contributed by atoms with E-state index >= 15 is 0 Å². The minimum Gasteiger partial charge on any atom is -0.379 e. The van der Waals surface area contributed by atoms with Crippen molar-refractivity contribution in [2.45, 2.75) is 154 Å². The highest BCUT2D eigenvalue weighted by molar-refractivity contribution is 6.13. The Kier molecular flexibility index (Phi) is 24.8. The van der Waals surface area contributed by atoms with E-state index in [-0.39, 0.29) is 13.0 Å². The largest absolute Gasteiger partial charge is 0.379 e. The number of hydrogen-bond acceptors (Lipinski definition) is 6. The maximum absolute atomic E-state index is 12.7. The third-order valence-electron chi connectivity index (χ3n) is 7.72. The van der Waals surface area contributed by atoms with Crippen LogP contribution in [-0.2, 0) is 14.4 Å². The van der Waals surface area contributed by atoms with Gasteiger partial charge in [0.1, 0.15) is 0 Å². The van der Waals surface area contributed by atoms with Gasteiger partial charge in [-0.1, -0.05) is 97.1 Å². The molecule has 0 aromatic carbocycles. The minimum absolute atomic E-state index is 0.119. The number of nitrogens with one attached hydrogen (secondary N) is 1. The van der Waals surface area contributed by atoms with Crippen LogP contribution in [0.3, 0.4) is 0 Å². The number of Topliss-reactive ketones (excluding diaryl/α,β-unsaturated/α-hetero) is 1. The molecule has 0 aromatic heterocycles. The summed E-state index contributed by atoms with van der Waals surface area (Å²) in [6, 6.07) is 0. The van der Waals surface area contributed by atoms with E-state index < -0.39 is 29.3 Å². The normalized spacial score (nSPS) is 13.9. The molecular weight excluding hydrogens is 518 g/mol. The molecule has 8 nitrogen and oxygen atoms in total. The molecule has 0 fully saturated rings. The molecule has 240 valence electrons. The Morgan fingerprint density at radius 3 is 1.71 bits per heavy atom. The maximum atomic E-state index is 12.7. The number of carbonyl (C=O) groups is 3. The van der Waals surface area contributed by atoms with E-state index in [0.717, 1.165) is 83.8 Å². The average molecular weight is 582 g/mol. The molecule has 0 bridgehead atoms. The maximum Gasteiger partial charge on any atom is 0.260 e. The first-order valence-corrected chi connectivity index (χ1v) is 16.6. The Balaban J connectivity index is 4.30. The highest BCUT2D eigenvalue weighted by Crippen LogP contribution is 2.18. The molecule has 0 aliphatic carbocycles. The van der Waals surface area contributed by atoms with Crippen molar-refractivity contribution in [3.05, 3.63) is 12.2 Å². The lowest BCUT2D eigenvalue weighted by Gasteiger charge is -2.28. The Morgan fingerprint density at radius 1 is 0.732 bits per heavy atom.